The zero-order valence-electron chi connectivity index (χ0n) is 26.1. The number of methoxy groups -OCH3 is 1. The molecular formula is C34H34FN5O6S. The van der Waals surface area contributed by atoms with Crippen LogP contribution in [0.2, 0.25) is 0 Å². The Labute approximate surface area is 275 Å². The van der Waals surface area contributed by atoms with Crippen molar-refractivity contribution in [3.8, 4) is 28.4 Å². The Hall–Kier alpha value is -5.04. The molecule has 13 heteroatoms. The van der Waals surface area contributed by atoms with Gasteiger partial charge in [-0.3, -0.25) is 14.4 Å². The molecule has 1 saturated heterocycles. The monoisotopic (exact) mass is 659 g/mol. The van der Waals surface area contributed by atoms with E-state index < -0.39 is 23.9 Å². The van der Waals surface area contributed by atoms with Crippen molar-refractivity contribution in [2.24, 2.45) is 0 Å². The Morgan fingerprint density at radius 1 is 1.09 bits per heavy atom. The van der Waals surface area contributed by atoms with Gasteiger partial charge >= 0.3 is 0 Å². The van der Waals surface area contributed by atoms with E-state index in [0.29, 0.717) is 51.9 Å². The van der Waals surface area contributed by atoms with Crippen LogP contribution in [0.3, 0.4) is 0 Å². The van der Waals surface area contributed by atoms with Crippen molar-refractivity contribution in [3.63, 3.8) is 0 Å². The van der Waals surface area contributed by atoms with E-state index in [9.17, 15) is 14.4 Å². The maximum Gasteiger partial charge on any atom is 0.267 e. The van der Waals surface area contributed by atoms with Gasteiger partial charge in [0, 0.05) is 37.7 Å². The fourth-order valence-electron chi connectivity index (χ4n) is 5.67. The number of carbonyl (C=O) groups is 3. The average Bonchev–Trinajstić information content (AvgIpc) is 3.58. The summed E-state index contributed by atoms with van der Waals surface area (Å²) < 4.78 is 36.9. The first-order valence-corrected chi connectivity index (χ1v) is 16.0. The van der Waals surface area contributed by atoms with Crippen molar-refractivity contribution < 1.29 is 33.0 Å². The molecular weight excluding hydrogens is 625 g/mol. The number of carbonyl (C=O) groups excluding carboxylic acids is 3. The van der Waals surface area contributed by atoms with Gasteiger partial charge in [0.05, 0.1) is 24.4 Å². The van der Waals surface area contributed by atoms with E-state index in [1.165, 1.54) is 19.2 Å². The second-order valence-electron chi connectivity index (χ2n) is 11.7. The molecule has 4 aromatic rings. The topological polar surface area (TPSA) is 132 Å². The van der Waals surface area contributed by atoms with Crippen molar-refractivity contribution in [3.05, 3.63) is 88.2 Å². The highest BCUT2D eigenvalue weighted by atomic mass is 32.1. The molecule has 0 saturated carbocycles. The van der Waals surface area contributed by atoms with Crippen molar-refractivity contribution in [1.29, 1.82) is 0 Å². The van der Waals surface area contributed by atoms with Gasteiger partial charge < -0.3 is 29.7 Å². The van der Waals surface area contributed by atoms with Crippen molar-refractivity contribution >= 4 is 29.3 Å². The van der Waals surface area contributed by atoms with Gasteiger partial charge in [0.1, 0.15) is 34.0 Å². The minimum atomic E-state index is -0.698. The lowest BCUT2D eigenvalue weighted by atomic mass is 9.99. The zero-order valence-corrected chi connectivity index (χ0v) is 26.9. The highest BCUT2D eigenvalue weighted by Crippen LogP contribution is 2.30. The summed E-state index contributed by atoms with van der Waals surface area (Å²) in [4.78, 5) is 42.1. The van der Waals surface area contributed by atoms with Gasteiger partial charge in [-0.2, -0.15) is 0 Å². The first-order chi connectivity index (χ1) is 22.7. The van der Waals surface area contributed by atoms with E-state index in [0.717, 1.165) is 17.1 Å². The summed E-state index contributed by atoms with van der Waals surface area (Å²) in [6.07, 6.45) is -0.178. The third kappa shape index (κ3) is 7.04. The molecule has 3 aliphatic heterocycles. The summed E-state index contributed by atoms with van der Waals surface area (Å²) in [5.74, 6) is -0.490. The molecule has 0 unspecified atom stereocenters. The van der Waals surface area contributed by atoms with Crippen LogP contribution in [0.5, 0.6) is 17.2 Å². The number of ether oxygens (including phenoxy) is 3. The highest BCUT2D eigenvalue weighted by molar-refractivity contribution is 7.08. The van der Waals surface area contributed by atoms with E-state index in [2.05, 4.69) is 20.2 Å². The maximum absolute atomic E-state index is 15.2. The molecule has 2 N–H and O–H groups in total. The number of likely N-dealkylation sites (tertiary alicyclic amines) is 1. The summed E-state index contributed by atoms with van der Waals surface area (Å²) in [6, 6.07) is 15.8. The van der Waals surface area contributed by atoms with E-state index in [1.54, 1.807) is 53.4 Å². The molecule has 0 radical (unpaired) electrons. The molecule has 47 heavy (non-hydrogen) atoms. The zero-order chi connectivity index (χ0) is 33.1. The number of hydrogen-bond acceptors (Lipinski definition) is 9. The van der Waals surface area contributed by atoms with Crippen LogP contribution in [0, 0.1) is 5.82 Å². The van der Waals surface area contributed by atoms with Crippen LogP contribution in [0.25, 0.3) is 11.1 Å². The van der Waals surface area contributed by atoms with Crippen LogP contribution in [-0.4, -0.2) is 71.2 Å². The molecule has 1 aromatic heterocycles. The second kappa shape index (κ2) is 13.8. The van der Waals surface area contributed by atoms with Crippen LogP contribution >= 0.6 is 11.5 Å². The molecule has 4 heterocycles. The largest absolute Gasteiger partial charge is 0.496 e. The molecule has 244 valence electrons. The smallest absolute Gasteiger partial charge is 0.267 e. The van der Waals surface area contributed by atoms with E-state index in [4.69, 9.17) is 14.2 Å². The molecule has 3 amide bonds. The lowest BCUT2D eigenvalue weighted by Crippen LogP contribution is -2.58. The van der Waals surface area contributed by atoms with Crippen LogP contribution in [0.15, 0.2) is 60.7 Å². The number of nitrogens with one attached hydrogen (secondary N) is 2. The Kier molecular flexibility index (Phi) is 9.34. The number of halogens is 1. The van der Waals surface area contributed by atoms with Crippen molar-refractivity contribution in [2.45, 2.75) is 44.9 Å². The Morgan fingerprint density at radius 3 is 2.72 bits per heavy atom. The van der Waals surface area contributed by atoms with Gasteiger partial charge in [0.25, 0.3) is 17.7 Å². The number of piperidine rings is 1. The lowest BCUT2D eigenvalue weighted by Gasteiger charge is -2.38. The minimum absolute atomic E-state index is 0.00636. The minimum Gasteiger partial charge on any atom is -0.496 e. The first kappa shape index (κ1) is 31.9. The summed E-state index contributed by atoms with van der Waals surface area (Å²) >= 11 is 1.04. The third-order valence-corrected chi connectivity index (χ3v) is 8.91. The van der Waals surface area contributed by atoms with Crippen LogP contribution in [0.4, 0.5) is 4.39 Å². The quantitative estimate of drug-likeness (QED) is 0.327. The molecule has 11 nitrogen and oxygen atoms in total. The fourth-order valence-corrected chi connectivity index (χ4v) is 6.45. The van der Waals surface area contributed by atoms with E-state index >= 15 is 4.39 Å². The molecule has 3 aromatic carbocycles. The van der Waals surface area contributed by atoms with Crippen molar-refractivity contribution in [1.82, 2.24) is 25.1 Å². The van der Waals surface area contributed by atoms with E-state index in [-0.39, 0.29) is 43.0 Å². The maximum atomic E-state index is 15.2. The number of rotatable bonds is 3. The van der Waals surface area contributed by atoms with Crippen LogP contribution in [-0.2, 0) is 11.3 Å². The number of aromatic nitrogens is 2. The standard InChI is InChI=1S/C34H34FN5O6S/c1-19(2)31-32(47-39-38-31)34(43)40-12-11-28-27(17-40)37-33(42)25-14-21(8-10-26(25)35)20-5-4-6-23(13-20)45-18-30(41)36-16-22-7-9-24(46-28)15-29(22)44-3/h4-10,13-15,19,27-28H,11-12,16-18H2,1-3H3,(H,36,41)(H,37,42)/t27-,28+/m1/s1. The lowest BCUT2D eigenvalue weighted by molar-refractivity contribution is -0.123. The second-order valence-corrected chi connectivity index (χ2v) is 12.4. The molecule has 6 bridgehead atoms. The fraction of sp³-hybridized carbons (Fsp3) is 0.324. The van der Waals surface area contributed by atoms with Gasteiger partial charge in [-0.15, -0.1) is 5.10 Å². The first-order valence-electron chi connectivity index (χ1n) is 15.3. The summed E-state index contributed by atoms with van der Waals surface area (Å²) in [6.45, 7) is 4.35. The molecule has 7 rings (SSSR count). The van der Waals surface area contributed by atoms with Gasteiger partial charge in [-0.1, -0.05) is 36.5 Å². The van der Waals surface area contributed by atoms with Gasteiger partial charge in [0.2, 0.25) is 0 Å². The summed E-state index contributed by atoms with van der Waals surface area (Å²) in [5, 5.41) is 9.95. The van der Waals surface area contributed by atoms with Crippen LogP contribution < -0.4 is 24.8 Å². The summed E-state index contributed by atoms with van der Waals surface area (Å²) in [7, 11) is 1.52. The Morgan fingerprint density at radius 2 is 1.91 bits per heavy atom. The number of hydrogen-bond donors (Lipinski definition) is 2. The number of fused-ring (bicyclic) bond motifs is 7. The Balaban J connectivity index is 1.36. The van der Waals surface area contributed by atoms with Gasteiger partial charge in [-0.05, 0) is 65.0 Å². The predicted octanol–water partition coefficient (Wildman–Crippen LogP) is 4.58. The number of nitrogens with zero attached hydrogens (tertiary/aromatic N) is 3. The molecule has 3 aliphatic rings. The Bertz CT molecular complexity index is 1810. The summed E-state index contributed by atoms with van der Waals surface area (Å²) in [5.41, 5.74) is 2.44. The van der Waals surface area contributed by atoms with Gasteiger partial charge in [-0.25, -0.2) is 4.39 Å². The predicted molar refractivity (Wildman–Crippen MR) is 172 cm³/mol. The molecule has 0 aliphatic carbocycles. The number of benzene rings is 3. The van der Waals surface area contributed by atoms with Crippen molar-refractivity contribution in [2.75, 3.05) is 26.8 Å². The van der Waals surface area contributed by atoms with E-state index in [1.807, 2.05) is 13.8 Å². The molecule has 1 fully saturated rings. The molecule has 0 spiro atoms. The average molecular weight is 660 g/mol. The van der Waals surface area contributed by atoms with Crippen LogP contribution in [0.1, 0.15) is 57.5 Å². The third-order valence-electron chi connectivity index (χ3n) is 8.18. The SMILES string of the molecule is COc1cc2ccc1CNC(=O)COc1cccc(c1)-c1ccc(F)c(c1)C(=O)N[C@@H]1CN(C(=O)c3snnc3C(C)C)CC[C@@H]1O2. The molecule has 2 atom stereocenters. The van der Waals surface area contributed by atoms with Gasteiger partial charge in [0.15, 0.2) is 6.61 Å². The normalized spacial score (nSPS) is 18.4. The highest BCUT2D eigenvalue weighted by Gasteiger charge is 2.36. The number of amides is 3.